The molecule has 2 aromatic carbocycles. The van der Waals surface area contributed by atoms with Crippen molar-refractivity contribution in [3.63, 3.8) is 0 Å². The fraction of sp³-hybridized carbons (Fsp3) is 0.0556. The summed E-state index contributed by atoms with van der Waals surface area (Å²) in [6.45, 7) is 0. The van der Waals surface area contributed by atoms with Crippen LogP contribution in [0.4, 0.5) is 0 Å². The summed E-state index contributed by atoms with van der Waals surface area (Å²) < 4.78 is 7.05. The van der Waals surface area contributed by atoms with Gasteiger partial charge in [0.05, 0.1) is 23.1 Å². The quantitative estimate of drug-likeness (QED) is 0.628. The second-order valence-corrected chi connectivity index (χ2v) is 5.33. The zero-order valence-electron chi connectivity index (χ0n) is 12.7. The number of para-hydroxylation sites is 2. The van der Waals surface area contributed by atoms with E-state index in [4.69, 9.17) is 4.42 Å². The van der Waals surface area contributed by atoms with Crippen LogP contribution in [0.2, 0.25) is 0 Å². The van der Waals surface area contributed by atoms with E-state index in [1.165, 1.54) is 6.26 Å². The number of hydrogen-bond acceptors (Lipinski definition) is 4. The van der Waals surface area contributed by atoms with Crippen LogP contribution in [0.25, 0.3) is 22.5 Å². The van der Waals surface area contributed by atoms with Crippen LogP contribution in [-0.2, 0) is 11.2 Å². The lowest BCUT2D eigenvalue weighted by molar-refractivity contribution is -0.116. The molecule has 1 N–H and O–H groups in total. The van der Waals surface area contributed by atoms with Gasteiger partial charge in [-0.25, -0.2) is 14.6 Å². The smallest absolute Gasteiger partial charge is 0.244 e. The van der Waals surface area contributed by atoms with Crippen molar-refractivity contribution >= 4 is 16.9 Å². The maximum absolute atomic E-state index is 12.2. The summed E-state index contributed by atoms with van der Waals surface area (Å²) >= 11 is 0. The van der Waals surface area contributed by atoms with E-state index in [-0.39, 0.29) is 12.3 Å². The summed E-state index contributed by atoms with van der Waals surface area (Å²) in [5.74, 6) is 0.317. The van der Waals surface area contributed by atoms with Gasteiger partial charge in [-0.1, -0.05) is 30.3 Å². The maximum atomic E-state index is 12.2. The topological polar surface area (TPSA) is 73.0 Å². The van der Waals surface area contributed by atoms with Crippen LogP contribution < -0.4 is 5.43 Å². The van der Waals surface area contributed by atoms with Crippen LogP contribution in [0.1, 0.15) is 5.69 Å². The molecule has 6 heteroatoms. The van der Waals surface area contributed by atoms with E-state index in [1.54, 1.807) is 11.0 Å². The van der Waals surface area contributed by atoms with Crippen molar-refractivity contribution < 1.29 is 9.21 Å². The third-order valence-electron chi connectivity index (χ3n) is 3.61. The normalized spacial score (nSPS) is 10.8. The number of oxazole rings is 1. The predicted octanol–water partition coefficient (Wildman–Crippen LogP) is 3.00. The number of imidazole rings is 1. The molecule has 0 unspecified atom stereocenters. The highest BCUT2D eigenvalue weighted by Crippen LogP contribution is 2.18. The molecule has 24 heavy (non-hydrogen) atoms. The lowest BCUT2D eigenvalue weighted by Crippen LogP contribution is -2.23. The molecular weight excluding hydrogens is 304 g/mol. The van der Waals surface area contributed by atoms with Gasteiger partial charge in [0.1, 0.15) is 12.6 Å². The van der Waals surface area contributed by atoms with Crippen molar-refractivity contribution in [2.45, 2.75) is 6.42 Å². The number of nitrogens with one attached hydrogen (secondary N) is 1. The highest BCUT2D eigenvalue weighted by atomic mass is 16.3. The van der Waals surface area contributed by atoms with Crippen LogP contribution in [0.15, 0.2) is 71.6 Å². The number of nitrogens with zero attached hydrogens (tertiary/aromatic N) is 3. The monoisotopic (exact) mass is 318 g/mol. The standard InChI is InChI=1S/C18H14N4O2/c23-17(21-22-12-19-15-8-4-5-9-16(15)22)10-14-11-24-18(20-14)13-6-2-1-3-7-13/h1-9,11-12H,10H2,(H,21,23). The molecule has 0 aliphatic carbocycles. The molecule has 0 aliphatic heterocycles. The second-order valence-electron chi connectivity index (χ2n) is 5.33. The number of hydrogen-bond donors (Lipinski definition) is 1. The molecule has 0 saturated heterocycles. The molecule has 2 aromatic heterocycles. The Bertz CT molecular complexity index is 988. The van der Waals surface area contributed by atoms with Crippen LogP contribution in [0.5, 0.6) is 0 Å². The van der Waals surface area contributed by atoms with Crippen molar-refractivity contribution in [2.24, 2.45) is 0 Å². The number of benzene rings is 2. The minimum absolute atomic E-state index is 0.128. The number of rotatable bonds is 4. The predicted molar refractivity (Wildman–Crippen MR) is 89.7 cm³/mol. The van der Waals surface area contributed by atoms with Crippen molar-refractivity contribution in [1.82, 2.24) is 14.6 Å². The molecule has 0 bridgehead atoms. The second kappa shape index (κ2) is 6.00. The Morgan fingerprint density at radius 2 is 1.88 bits per heavy atom. The van der Waals surface area contributed by atoms with E-state index < -0.39 is 0 Å². The average molecular weight is 318 g/mol. The Balaban J connectivity index is 1.48. The van der Waals surface area contributed by atoms with E-state index >= 15 is 0 Å². The van der Waals surface area contributed by atoms with Crippen molar-refractivity contribution in [3.05, 3.63) is 72.9 Å². The van der Waals surface area contributed by atoms with Crippen LogP contribution >= 0.6 is 0 Å². The van der Waals surface area contributed by atoms with E-state index in [1.807, 2.05) is 54.6 Å². The number of carbonyl (C=O) groups excluding carboxylic acids is 1. The molecule has 0 saturated carbocycles. The fourth-order valence-electron chi connectivity index (χ4n) is 2.49. The molecule has 6 nitrogen and oxygen atoms in total. The SMILES string of the molecule is O=C(Cc1coc(-c2ccccc2)n1)Nn1cnc2ccccc21. The Hall–Kier alpha value is -3.41. The average Bonchev–Trinajstić information content (AvgIpc) is 3.23. The number of carbonyl (C=O) groups is 1. The molecule has 118 valence electrons. The fourth-order valence-corrected chi connectivity index (χ4v) is 2.49. The molecule has 4 rings (SSSR count). The number of aromatic nitrogens is 3. The van der Waals surface area contributed by atoms with Crippen molar-refractivity contribution in [3.8, 4) is 11.5 Å². The summed E-state index contributed by atoms with van der Waals surface area (Å²) in [4.78, 5) is 20.8. The van der Waals surface area contributed by atoms with E-state index in [0.29, 0.717) is 11.6 Å². The summed E-state index contributed by atoms with van der Waals surface area (Å²) in [5.41, 5.74) is 5.92. The zero-order chi connectivity index (χ0) is 16.4. The third kappa shape index (κ3) is 2.77. The summed E-state index contributed by atoms with van der Waals surface area (Å²) in [6.07, 6.45) is 3.22. The van der Waals surface area contributed by atoms with Gasteiger partial charge in [0.25, 0.3) is 0 Å². The Morgan fingerprint density at radius 1 is 1.08 bits per heavy atom. The van der Waals surface area contributed by atoms with Gasteiger partial charge < -0.3 is 4.42 Å². The Kier molecular flexibility index (Phi) is 3.55. The Morgan fingerprint density at radius 3 is 2.75 bits per heavy atom. The van der Waals surface area contributed by atoms with Gasteiger partial charge in [-0.2, -0.15) is 0 Å². The van der Waals surface area contributed by atoms with Crippen LogP contribution in [0, 0.1) is 0 Å². The van der Waals surface area contributed by atoms with Crippen LogP contribution in [-0.4, -0.2) is 20.6 Å². The van der Waals surface area contributed by atoms with Crippen LogP contribution in [0.3, 0.4) is 0 Å². The molecular formula is C18H14N4O2. The van der Waals surface area contributed by atoms with Gasteiger partial charge in [0, 0.05) is 5.56 Å². The lowest BCUT2D eigenvalue weighted by Gasteiger charge is -2.05. The molecule has 0 fully saturated rings. The number of fused-ring (bicyclic) bond motifs is 1. The van der Waals surface area contributed by atoms with Gasteiger partial charge in [-0.05, 0) is 24.3 Å². The van der Waals surface area contributed by atoms with Crippen molar-refractivity contribution in [2.75, 3.05) is 5.43 Å². The molecule has 2 heterocycles. The minimum atomic E-state index is -0.189. The summed E-state index contributed by atoms with van der Waals surface area (Å²) in [5, 5.41) is 0. The van der Waals surface area contributed by atoms with Gasteiger partial charge in [0.15, 0.2) is 0 Å². The Labute approximate surface area is 137 Å². The first-order valence-corrected chi connectivity index (χ1v) is 7.51. The van der Waals surface area contributed by atoms with Gasteiger partial charge in [0.2, 0.25) is 11.8 Å². The highest BCUT2D eigenvalue weighted by Gasteiger charge is 2.11. The van der Waals surface area contributed by atoms with E-state index in [2.05, 4.69) is 15.4 Å². The maximum Gasteiger partial charge on any atom is 0.244 e. The largest absolute Gasteiger partial charge is 0.444 e. The first kappa shape index (κ1) is 14.2. The van der Waals surface area contributed by atoms with Gasteiger partial charge in [-0.3, -0.25) is 10.2 Å². The summed E-state index contributed by atoms with van der Waals surface area (Å²) in [6, 6.07) is 17.2. The molecule has 4 aromatic rings. The lowest BCUT2D eigenvalue weighted by atomic mass is 10.2. The molecule has 0 spiro atoms. The minimum Gasteiger partial charge on any atom is -0.444 e. The van der Waals surface area contributed by atoms with Gasteiger partial charge >= 0.3 is 0 Å². The zero-order valence-corrected chi connectivity index (χ0v) is 12.7. The first-order valence-electron chi connectivity index (χ1n) is 7.51. The highest BCUT2D eigenvalue weighted by molar-refractivity contribution is 5.87. The molecule has 1 amide bonds. The number of amides is 1. The van der Waals surface area contributed by atoms with E-state index in [0.717, 1.165) is 16.6 Å². The summed E-state index contributed by atoms with van der Waals surface area (Å²) in [7, 11) is 0. The molecule has 0 aliphatic rings. The van der Waals surface area contributed by atoms with Gasteiger partial charge in [-0.15, -0.1) is 0 Å². The van der Waals surface area contributed by atoms with Crippen molar-refractivity contribution in [1.29, 1.82) is 0 Å². The molecule has 0 atom stereocenters. The van der Waals surface area contributed by atoms with E-state index in [9.17, 15) is 4.79 Å². The third-order valence-corrected chi connectivity index (χ3v) is 3.61. The first-order chi connectivity index (χ1) is 11.8. The molecule has 0 radical (unpaired) electrons.